The van der Waals surface area contributed by atoms with Gasteiger partial charge >= 0.3 is 0 Å². The highest BCUT2D eigenvalue weighted by molar-refractivity contribution is 7.99. The first-order valence-electron chi connectivity index (χ1n) is 8.87. The molecule has 0 N–H and O–H groups in total. The third-order valence-electron chi connectivity index (χ3n) is 4.34. The lowest BCUT2D eigenvalue weighted by Crippen LogP contribution is -2.24. The summed E-state index contributed by atoms with van der Waals surface area (Å²) < 4.78 is 1.74. The lowest BCUT2D eigenvalue weighted by molar-refractivity contribution is 0.646. The molecule has 0 radical (unpaired) electrons. The summed E-state index contributed by atoms with van der Waals surface area (Å²) in [7, 11) is 0. The number of pyridine rings is 1. The van der Waals surface area contributed by atoms with Gasteiger partial charge in [-0.3, -0.25) is 14.3 Å². The second-order valence-electron chi connectivity index (χ2n) is 6.21. The van der Waals surface area contributed by atoms with Gasteiger partial charge in [-0.15, -0.1) is 0 Å². The zero-order valence-electron chi connectivity index (χ0n) is 14.8. The summed E-state index contributed by atoms with van der Waals surface area (Å²) in [6, 6.07) is 23.6. The molecule has 2 aromatic heterocycles. The van der Waals surface area contributed by atoms with Crippen LogP contribution in [-0.4, -0.2) is 20.3 Å². The standard InChI is InChI=1S/C22H19N3OS/c26-21-19-11-4-5-12-20(19)24-22(25(21)16-18-10-6-7-14-23-18)27-15-13-17-8-2-1-3-9-17/h1-12,14H,13,15-16H2. The van der Waals surface area contributed by atoms with Crippen molar-refractivity contribution in [1.82, 2.24) is 14.5 Å². The van der Waals surface area contributed by atoms with E-state index in [9.17, 15) is 4.79 Å². The van der Waals surface area contributed by atoms with Crippen LogP contribution < -0.4 is 5.56 Å². The predicted octanol–water partition coefficient (Wildman–Crippen LogP) is 4.17. The van der Waals surface area contributed by atoms with Crippen molar-refractivity contribution in [2.75, 3.05) is 5.75 Å². The maximum absolute atomic E-state index is 13.1. The number of hydrogen-bond acceptors (Lipinski definition) is 4. The highest BCUT2D eigenvalue weighted by atomic mass is 32.2. The van der Waals surface area contributed by atoms with Gasteiger partial charge in [0, 0.05) is 11.9 Å². The Morgan fingerprint density at radius 2 is 1.67 bits per heavy atom. The molecule has 2 aromatic carbocycles. The first kappa shape index (κ1) is 17.5. The third kappa shape index (κ3) is 4.09. The maximum atomic E-state index is 13.1. The highest BCUT2D eigenvalue weighted by Crippen LogP contribution is 2.20. The lowest BCUT2D eigenvalue weighted by atomic mass is 10.2. The van der Waals surface area contributed by atoms with Crippen molar-refractivity contribution in [3.05, 3.63) is 101 Å². The van der Waals surface area contributed by atoms with Gasteiger partial charge in [-0.25, -0.2) is 4.98 Å². The summed E-state index contributed by atoms with van der Waals surface area (Å²) in [6.45, 7) is 0.422. The molecule has 2 heterocycles. The van der Waals surface area contributed by atoms with Crippen molar-refractivity contribution in [2.24, 2.45) is 0 Å². The topological polar surface area (TPSA) is 47.8 Å². The monoisotopic (exact) mass is 373 g/mol. The number of fused-ring (bicyclic) bond motifs is 1. The number of hydrogen-bond donors (Lipinski definition) is 0. The van der Waals surface area contributed by atoms with Gasteiger partial charge in [-0.2, -0.15) is 0 Å². The molecule has 0 fully saturated rings. The van der Waals surface area contributed by atoms with E-state index in [0.29, 0.717) is 11.9 Å². The van der Waals surface area contributed by atoms with E-state index in [1.54, 1.807) is 22.5 Å². The fraction of sp³-hybridized carbons (Fsp3) is 0.136. The zero-order valence-corrected chi connectivity index (χ0v) is 15.6. The number of aromatic nitrogens is 3. The van der Waals surface area contributed by atoms with Crippen molar-refractivity contribution in [1.29, 1.82) is 0 Å². The van der Waals surface area contributed by atoms with Gasteiger partial charge in [0.15, 0.2) is 5.16 Å². The van der Waals surface area contributed by atoms with Gasteiger partial charge in [0.1, 0.15) is 0 Å². The minimum absolute atomic E-state index is 0.0199. The SMILES string of the molecule is O=c1c2ccccc2nc(SCCc2ccccc2)n1Cc1ccccn1. The molecule has 0 amide bonds. The molecular weight excluding hydrogens is 354 g/mol. The Labute approximate surface area is 161 Å². The van der Waals surface area contributed by atoms with Crippen molar-refractivity contribution in [2.45, 2.75) is 18.1 Å². The highest BCUT2D eigenvalue weighted by Gasteiger charge is 2.12. The van der Waals surface area contributed by atoms with E-state index in [2.05, 4.69) is 17.1 Å². The van der Waals surface area contributed by atoms with Gasteiger partial charge in [-0.05, 0) is 36.2 Å². The summed E-state index contributed by atoms with van der Waals surface area (Å²) in [6.07, 6.45) is 2.68. The van der Waals surface area contributed by atoms with E-state index in [1.807, 2.05) is 60.7 Å². The molecule has 0 unspecified atom stereocenters. The molecule has 27 heavy (non-hydrogen) atoms. The first-order valence-corrected chi connectivity index (χ1v) is 9.86. The second-order valence-corrected chi connectivity index (χ2v) is 7.27. The van der Waals surface area contributed by atoms with Crippen LogP contribution in [0.2, 0.25) is 0 Å². The Morgan fingerprint density at radius 3 is 2.48 bits per heavy atom. The molecule has 4 rings (SSSR count). The van der Waals surface area contributed by atoms with Crippen molar-refractivity contribution < 1.29 is 0 Å². The summed E-state index contributed by atoms with van der Waals surface area (Å²) in [5.41, 5.74) is 2.85. The largest absolute Gasteiger partial charge is 0.281 e. The molecule has 134 valence electrons. The van der Waals surface area contributed by atoms with E-state index >= 15 is 0 Å². The number of benzene rings is 2. The van der Waals surface area contributed by atoms with E-state index in [0.717, 1.165) is 28.5 Å². The molecule has 0 aliphatic heterocycles. The Bertz CT molecular complexity index is 1090. The normalized spacial score (nSPS) is 11.0. The molecule has 0 saturated carbocycles. The number of rotatable bonds is 6. The van der Waals surface area contributed by atoms with Crippen LogP contribution in [0, 0.1) is 0 Å². The third-order valence-corrected chi connectivity index (χ3v) is 5.32. The predicted molar refractivity (Wildman–Crippen MR) is 110 cm³/mol. The van der Waals surface area contributed by atoms with Gasteiger partial charge in [0.2, 0.25) is 0 Å². The van der Waals surface area contributed by atoms with E-state index in [1.165, 1.54) is 5.56 Å². The van der Waals surface area contributed by atoms with Crippen LogP contribution in [-0.2, 0) is 13.0 Å². The average molecular weight is 373 g/mol. The Kier molecular flexibility index (Phi) is 5.30. The molecular formula is C22H19N3OS. The van der Waals surface area contributed by atoms with Crippen LogP contribution in [0.5, 0.6) is 0 Å². The number of para-hydroxylation sites is 1. The van der Waals surface area contributed by atoms with E-state index in [-0.39, 0.29) is 5.56 Å². The molecule has 0 atom stereocenters. The summed E-state index contributed by atoms with van der Waals surface area (Å²) in [5, 5.41) is 1.38. The van der Waals surface area contributed by atoms with E-state index in [4.69, 9.17) is 4.98 Å². The van der Waals surface area contributed by atoms with Crippen molar-refractivity contribution in [3.8, 4) is 0 Å². The molecule has 0 bridgehead atoms. The average Bonchev–Trinajstić information content (AvgIpc) is 2.72. The molecule has 0 spiro atoms. The van der Waals surface area contributed by atoms with Crippen LogP contribution in [0.3, 0.4) is 0 Å². The maximum Gasteiger partial charge on any atom is 0.262 e. The minimum atomic E-state index is -0.0199. The van der Waals surface area contributed by atoms with Crippen LogP contribution in [0.1, 0.15) is 11.3 Å². The Morgan fingerprint density at radius 1 is 0.889 bits per heavy atom. The molecule has 0 saturated heterocycles. The number of nitrogens with zero attached hydrogens (tertiary/aromatic N) is 3. The van der Waals surface area contributed by atoms with Gasteiger partial charge in [0.05, 0.1) is 23.1 Å². The minimum Gasteiger partial charge on any atom is -0.281 e. The zero-order chi connectivity index (χ0) is 18.5. The van der Waals surface area contributed by atoms with Crippen molar-refractivity contribution >= 4 is 22.7 Å². The second kappa shape index (κ2) is 8.18. The molecule has 0 aliphatic rings. The molecule has 5 heteroatoms. The van der Waals surface area contributed by atoms with Gasteiger partial charge < -0.3 is 0 Å². The number of aryl methyl sites for hydroxylation is 1. The van der Waals surface area contributed by atoms with Crippen LogP contribution in [0.4, 0.5) is 0 Å². The van der Waals surface area contributed by atoms with Crippen LogP contribution in [0.25, 0.3) is 10.9 Å². The first-order chi connectivity index (χ1) is 13.3. The van der Waals surface area contributed by atoms with Crippen LogP contribution >= 0.6 is 11.8 Å². The number of thioether (sulfide) groups is 1. The quantitative estimate of drug-likeness (QED) is 0.376. The molecule has 4 aromatic rings. The molecule has 0 aliphatic carbocycles. The Hall–Kier alpha value is -2.92. The van der Waals surface area contributed by atoms with Gasteiger partial charge in [-0.1, -0.05) is 60.3 Å². The molecule has 4 nitrogen and oxygen atoms in total. The summed E-state index contributed by atoms with van der Waals surface area (Å²) in [4.78, 5) is 22.2. The van der Waals surface area contributed by atoms with Crippen molar-refractivity contribution in [3.63, 3.8) is 0 Å². The summed E-state index contributed by atoms with van der Waals surface area (Å²) in [5.74, 6) is 0.858. The fourth-order valence-corrected chi connectivity index (χ4v) is 3.94. The fourth-order valence-electron chi connectivity index (χ4n) is 2.96. The lowest BCUT2D eigenvalue weighted by Gasteiger charge is -2.13. The van der Waals surface area contributed by atoms with E-state index < -0.39 is 0 Å². The van der Waals surface area contributed by atoms with Gasteiger partial charge in [0.25, 0.3) is 5.56 Å². The Balaban J connectivity index is 1.66. The van der Waals surface area contributed by atoms with Crippen LogP contribution in [0.15, 0.2) is 88.9 Å². The smallest absolute Gasteiger partial charge is 0.262 e. The summed E-state index contributed by atoms with van der Waals surface area (Å²) >= 11 is 1.61.